The van der Waals surface area contributed by atoms with Crippen molar-refractivity contribution >= 4 is 11.9 Å². The number of anilines is 1. The quantitative estimate of drug-likeness (QED) is 0.239. The summed E-state index contributed by atoms with van der Waals surface area (Å²) in [5.41, 5.74) is 12.7. The molecule has 0 aliphatic carbocycles. The summed E-state index contributed by atoms with van der Waals surface area (Å²) in [7, 11) is 1.62. The van der Waals surface area contributed by atoms with Crippen LogP contribution in [0.1, 0.15) is 25.0 Å². The molecule has 5 nitrogen and oxygen atoms in total. The molecule has 0 saturated carbocycles. The van der Waals surface area contributed by atoms with Crippen LogP contribution in [0, 0.1) is 5.82 Å². The number of nitrogen functional groups attached to an aromatic ring is 1. The van der Waals surface area contributed by atoms with E-state index in [0.717, 1.165) is 45.0 Å². The minimum Gasteiger partial charge on any atom is -0.495 e. The summed E-state index contributed by atoms with van der Waals surface area (Å²) in [6.45, 7) is 9.95. The molecule has 0 bridgehead atoms. The second-order valence-electron chi connectivity index (χ2n) is 8.82. The van der Waals surface area contributed by atoms with Gasteiger partial charge in [-0.1, -0.05) is 36.4 Å². The maximum absolute atomic E-state index is 13.5. The average Bonchev–Trinajstić information content (AvgIpc) is 3.09. The number of halogens is 1. The highest BCUT2D eigenvalue weighted by molar-refractivity contribution is 5.71. The molecular weight excluding hydrogens is 453 g/mol. The Morgan fingerprint density at radius 2 is 1.86 bits per heavy atom. The summed E-state index contributed by atoms with van der Waals surface area (Å²) >= 11 is 0. The van der Waals surface area contributed by atoms with E-state index in [9.17, 15) is 4.39 Å². The van der Waals surface area contributed by atoms with Gasteiger partial charge in [-0.2, -0.15) is 0 Å². The van der Waals surface area contributed by atoms with Crippen molar-refractivity contribution in [1.82, 2.24) is 4.90 Å². The lowest BCUT2D eigenvalue weighted by Crippen LogP contribution is -2.26. The zero-order valence-corrected chi connectivity index (χ0v) is 21.1. The van der Waals surface area contributed by atoms with Crippen LogP contribution in [-0.4, -0.2) is 31.4 Å². The average molecular weight is 486 g/mol. The SMILES string of the molecule is C=C(C)/C(Cc1ccc(F)cc1)=C(\N=C/C)N1CCOc2ccc(-c3ccc(N)c(OC)c3)cc2C1. The third-order valence-electron chi connectivity index (χ3n) is 6.24. The fourth-order valence-electron chi connectivity index (χ4n) is 4.35. The van der Waals surface area contributed by atoms with Crippen molar-refractivity contribution in [3.63, 3.8) is 0 Å². The standard InChI is InChI=1S/C30H32FN3O2/c1-5-33-30(26(20(2)3)16-21-6-10-25(31)11-7-21)34-14-15-36-28-13-9-22(17-24(28)19-34)23-8-12-27(32)29(18-23)35-4/h5-13,17-18H,2,14-16,19,32H2,1,3-4H3/b30-26+,33-5-. The number of aliphatic imine (C=N–C) groups is 1. The van der Waals surface area contributed by atoms with Crippen LogP contribution in [-0.2, 0) is 13.0 Å². The van der Waals surface area contributed by atoms with E-state index in [4.69, 9.17) is 20.2 Å². The van der Waals surface area contributed by atoms with E-state index in [0.29, 0.717) is 37.6 Å². The molecule has 0 saturated heterocycles. The maximum Gasteiger partial charge on any atom is 0.142 e. The number of ether oxygens (including phenoxy) is 2. The van der Waals surface area contributed by atoms with Gasteiger partial charge in [0.05, 0.1) is 19.3 Å². The second kappa shape index (κ2) is 11.1. The van der Waals surface area contributed by atoms with Crippen molar-refractivity contribution in [2.45, 2.75) is 26.8 Å². The van der Waals surface area contributed by atoms with Gasteiger partial charge in [0, 0.05) is 30.3 Å². The van der Waals surface area contributed by atoms with E-state index >= 15 is 0 Å². The smallest absolute Gasteiger partial charge is 0.142 e. The van der Waals surface area contributed by atoms with Crippen LogP contribution in [0.25, 0.3) is 11.1 Å². The van der Waals surface area contributed by atoms with Crippen LogP contribution < -0.4 is 15.2 Å². The highest BCUT2D eigenvalue weighted by Gasteiger charge is 2.21. The van der Waals surface area contributed by atoms with Gasteiger partial charge in [0.2, 0.25) is 0 Å². The topological polar surface area (TPSA) is 60.1 Å². The first-order chi connectivity index (χ1) is 17.4. The number of fused-ring (bicyclic) bond motifs is 1. The van der Waals surface area contributed by atoms with Crippen molar-refractivity contribution in [3.8, 4) is 22.6 Å². The molecule has 2 N–H and O–H groups in total. The normalized spacial score (nSPS) is 14.1. The molecule has 186 valence electrons. The molecule has 6 heteroatoms. The second-order valence-corrected chi connectivity index (χ2v) is 8.82. The van der Waals surface area contributed by atoms with Gasteiger partial charge >= 0.3 is 0 Å². The molecule has 0 aromatic heterocycles. The summed E-state index contributed by atoms with van der Waals surface area (Å²) in [5, 5.41) is 0. The molecular formula is C30H32FN3O2. The first-order valence-corrected chi connectivity index (χ1v) is 12.0. The third kappa shape index (κ3) is 5.60. The lowest BCUT2D eigenvalue weighted by molar-refractivity contribution is 0.261. The molecule has 1 aliphatic rings. The zero-order valence-electron chi connectivity index (χ0n) is 21.1. The highest BCUT2D eigenvalue weighted by Crippen LogP contribution is 2.34. The van der Waals surface area contributed by atoms with Crippen LogP contribution >= 0.6 is 0 Å². The predicted molar refractivity (Wildman–Crippen MR) is 145 cm³/mol. The number of rotatable bonds is 7. The summed E-state index contributed by atoms with van der Waals surface area (Å²) in [6, 6.07) is 18.6. The number of benzene rings is 3. The molecule has 0 spiro atoms. The number of nitrogens with zero attached hydrogens (tertiary/aromatic N) is 2. The van der Waals surface area contributed by atoms with E-state index in [1.807, 2.05) is 44.2 Å². The molecule has 3 aromatic carbocycles. The first kappa shape index (κ1) is 25.0. The van der Waals surface area contributed by atoms with Crippen molar-refractivity contribution < 1.29 is 13.9 Å². The molecule has 0 amide bonds. The van der Waals surface area contributed by atoms with E-state index in [1.165, 1.54) is 12.1 Å². The van der Waals surface area contributed by atoms with Crippen LogP contribution in [0.4, 0.5) is 10.1 Å². The summed E-state index contributed by atoms with van der Waals surface area (Å²) in [6.07, 6.45) is 2.41. The van der Waals surface area contributed by atoms with Crippen LogP contribution in [0.2, 0.25) is 0 Å². The molecule has 36 heavy (non-hydrogen) atoms. The number of methoxy groups -OCH3 is 1. The molecule has 3 aromatic rings. The van der Waals surface area contributed by atoms with Gasteiger partial charge < -0.3 is 20.1 Å². The summed E-state index contributed by atoms with van der Waals surface area (Å²) in [5.74, 6) is 2.11. The molecule has 1 aliphatic heterocycles. The molecule has 0 fully saturated rings. The lowest BCUT2D eigenvalue weighted by atomic mass is 9.99. The monoisotopic (exact) mass is 485 g/mol. The van der Waals surface area contributed by atoms with E-state index in [1.54, 1.807) is 25.5 Å². The van der Waals surface area contributed by atoms with Gasteiger partial charge in [0.25, 0.3) is 0 Å². The van der Waals surface area contributed by atoms with Crippen molar-refractivity contribution in [1.29, 1.82) is 0 Å². The van der Waals surface area contributed by atoms with Crippen LogP contribution in [0.3, 0.4) is 0 Å². The van der Waals surface area contributed by atoms with Gasteiger partial charge in [-0.15, -0.1) is 0 Å². The fourth-order valence-corrected chi connectivity index (χ4v) is 4.35. The van der Waals surface area contributed by atoms with E-state index in [-0.39, 0.29) is 5.82 Å². The van der Waals surface area contributed by atoms with Gasteiger partial charge in [0.15, 0.2) is 0 Å². The van der Waals surface area contributed by atoms with Crippen molar-refractivity contribution in [2.24, 2.45) is 4.99 Å². The van der Waals surface area contributed by atoms with Gasteiger partial charge in [0.1, 0.15) is 29.7 Å². The van der Waals surface area contributed by atoms with Gasteiger partial charge in [-0.25, -0.2) is 9.38 Å². The van der Waals surface area contributed by atoms with Crippen LogP contribution in [0.15, 0.2) is 89.2 Å². The number of hydrogen-bond donors (Lipinski definition) is 1. The first-order valence-electron chi connectivity index (χ1n) is 12.0. The Morgan fingerprint density at radius 3 is 2.56 bits per heavy atom. The van der Waals surface area contributed by atoms with Crippen molar-refractivity contribution in [3.05, 3.63) is 101 Å². The number of nitrogens with two attached hydrogens (primary N) is 1. The van der Waals surface area contributed by atoms with Crippen LogP contribution in [0.5, 0.6) is 11.5 Å². The summed E-state index contributed by atoms with van der Waals surface area (Å²) in [4.78, 5) is 7.00. The minimum absolute atomic E-state index is 0.248. The fraction of sp³-hybridized carbons (Fsp3) is 0.233. The number of hydrogen-bond acceptors (Lipinski definition) is 5. The Labute approximate surface area is 212 Å². The van der Waals surface area contributed by atoms with E-state index in [2.05, 4.69) is 17.5 Å². The lowest BCUT2D eigenvalue weighted by Gasteiger charge is -2.26. The Hall–Kier alpha value is -4.06. The maximum atomic E-state index is 13.5. The molecule has 1 heterocycles. The predicted octanol–water partition coefficient (Wildman–Crippen LogP) is 6.40. The Morgan fingerprint density at radius 1 is 1.14 bits per heavy atom. The molecule has 0 atom stereocenters. The molecule has 0 radical (unpaired) electrons. The third-order valence-corrected chi connectivity index (χ3v) is 6.24. The highest BCUT2D eigenvalue weighted by atomic mass is 19.1. The van der Waals surface area contributed by atoms with Gasteiger partial charge in [-0.3, -0.25) is 0 Å². The Balaban J connectivity index is 1.72. The minimum atomic E-state index is -0.248. The van der Waals surface area contributed by atoms with Crippen molar-refractivity contribution in [2.75, 3.05) is 26.0 Å². The summed E-state index contributed by atoms with van der Waals surface area (Å²) < 4.78 is 25.0. The zero-order chi connectivity index (χ0) is 25.7. The molecule has 4 rings (SSSR count). The van der Waals surface area contributed by atoms with E-state index < -0.39 is 0 Å². The largest absolute Gasteiger partial charge is 0.495 e. The Kier molecular flexibility index (Phi) is 7.74. The Bertz CT molecular complexity index is 1310. The number of allylic oxidation sites excluding steroid dienone is 2. The van der Waals surface area contributed by atoms with Gasteiger partial charge in [-0.05, 0) is 66.9 Å². The molecule has 0 unspecified atom stereocenters.